The SMILES string of the molecule is NC(=O)c1nc2cccc(-c3ccccc3)n2n1. The summed E-state index contributed by atoms with van der Waals surface area (Å²) in [5, 5.41) is 4.12. The number of rotatable bonds is 2. The lowest BCUT2D eigenvalue weighted by Crippen LogP contribution is -2.13. The first kappa shape index (κ1) is 10.5. The molecule has 0 fully saturated rings. The molecule has 0 aliphatic heterocycles. The second-order valence-corrected chi connectivity index (χ2v) is 3.85. The van der Waals surface area contributed by atoms with E-state index in [1.54, 1.807) is 10.6 Å². The van der Waals surface area contributed by atoms with Crippen molar-refractivity contribution in [2.75, 3.05) is 0 Å². The van der Waals surface area contributed by atoms with Crippen LogP contribution in [-0.4, -0.2) is 20.5 Å². The van der Waals surface area contributed by atoms with E-state index in [1.807, 2.05) is 42.5 Å². The molecule has 0 spiro atoms. The van der Waals surface area contributed by atoms with Gasteiger partial charge >= 0.3 is 0 Å². The number of benzene rings is 1. The standard InChI is InChI=1S/C13H10N4O/c14-12(18)13-15-11-8-4-7-10(17(11)16-13)9-5-2-1-3-6-9/h1-8H,(H2,14,18). The Bertz CT molecular complexity index is 718. The highest BCUT2D eigenvalue weighted by Crippen LogP contribution is 2.19. The summed E-state index contributed by atoms with van der Waals surface area (Å²) in [6, 6.07) is 15.4. The van der Waals surface area contributed by atoms with Crippen LogP contribution in [0.3, 0.4) is 0 Å². The predicted molar refractivity (Wildman–Crippen MR) is 66.9 cm³/mol. The number of aromatic nitrogens is 3. The first-order valence-electron chi connectivity index (χ1n) is 5.47. The summed E-state index contributed by atoms with van der Waals surface area (Å²) in [7, 11) is 0. The van der Waals surface area contributed by atoms with Crippen molar-refractivity contribution >= 4 is 11.6 Å². The molecule has 1 amide bonds. The van der Waals surface area contributed by atoms with E-state index in [1.165, 1.54) is 0 Å². The number of pyridine rings is 1. The average molecular weight is 238 g/mol. The molecule has 1 aromatic carbocycles. The maximum absolute atomic E-state index is 11.1. The van der Waals surface area contributed by atoms with Gasteiger partial charge in [0.25, 0.3) is 5.91 Å². The third kappa shape index (κ3) is 1.62. The lowest BCUT2D eigenvalue weighted by Gasteiger charge is -2.03. The molecule has 88 valence electrons. The van der Waals surface area contributed by atoms with Gasteiger partial charge in [-0.05, 0) is 12.1 Å². The summed E-state index contributed by atoms with van der Waals surface area (Å²) in [5.74, 6) is -0.601. The number of hydrogen-bond donors (Lipinski definition) is 1. The van der Waals surface area contributed by atoms with E-state index in [0.29, 0.717) is 5.65 Å². The quantitative estimate of drug-likeness (QED) is 0.735. The fourth-order valence-corrected chi connectivity index (χ4v) is 1.84. The van der Waals surface area contributed by atoms with Gasteiger partial charge in [0.2, 0.25) is 5.82 Å². The number of amides is 1. The number of hydrogen-bond acceptors (Lipinski definition) is 3. The van der Waals surface area contributed by atoms with Crippen LogP contribution in [0.1, 0.15) is 10.6 Å². The Balaban J connectivity index is 2.27. The van der Waals surface area contributed by atoms with Gasteiger partial charge in [-0.25, -0.2) is 9.50 Å². The maximum atomic E-state index is 11.1. The van der Waals surface area contributed by atoms with E-state index in [-0.39, 0.29) is 5.82 Å². The monoisotopic (exact) mass is 238 g/mol. The van der Waals surface area contributed by atoms with Crippen molar-refractivity contribution in [2.24, 2.45) is 5.73 Å². The van der Waals surface area contributed by atoms with Crippen LogP contribution in [0, 0.1) is 0 Å². The van der Waals surface area contributed by atoms with Crippen molar-refractivity contribution in [3.63, 3.8) is 0 Å². The van der Waals surface area contributed by atoms with Crippen LogP contribution in [-0.2, 0) is 0 Å². The summed E-state index contributed by atoms with van der Waals surface area (Å²) < 4.78 is 1.62. The van der Waals surface area contributed by atoms with Gasteiger partial charge in [-0.1, -0.05) is 36.4 Å². The minimum Gasteiger partial charge on any atom is -0.363 e. The van der Waals surface area contributed by atoms with Crippen LogP contribution < -0.4 is 5.73 Å². The van der Waals surface area contributed by atoms with Crippen molar-refractivity contribution in [3.8, 4) is 11.3 Å². The van der Waals surface area contributed by atoms with E-state index < -0.39 is 5.91 Å². The molecule has 0 atom stereocenters. The van der Waals surface area contributed by atoms with Gasteiger partial charge in [-0.2, -0.15) is 0 Å². The van der Waals surface area contributed by atoms with Gasteiger partial charge in [0.1, 0.15) is 0 Å². The molecule has 0 saturated heterocycles. The van der Waals surface area contributed by atoms with Crippen LogP contribution in [0.15, 0.2) is 48.5 Å². The molecule has 3 rings (SSSR count). The number of carbonyl (C=O) groups excluding carboxylic acids is 1. The average Bonchev–Trinajstić information content (AvgIpc) is 2.83. The molecule has 3 aromatic rings. The summed E-state index contributed by atoms with van der Waals surface area (Å²) in [6.07, 6.45) is 0. The van der Waals surface area contributed by atoms with Crippen molar-refractivity contribution in [1.82, 2.24) is 14.6 Å². The predicted octanol–water partition coefficient (Wildman–Crippen LogP) is 1.50. The lowest BCUT2D eigenvalue weighted by molar-refractivity contribution is 0.0990. The molecule has 0 unspecified atom stereocenters. The molecule has 5 nitrogen and oxygen atoms in total. The number of carbonyl (C=O) groups is 1. The number of nitrogens with zero attached hydrogens (tertiary/aromatic N) is 3. The molecule has 5 heteroatoms. The zero-order valence-corrected chi connectivity index (χ0v) is 9.45. The molecule has 0 radical (unpaired) electrons. The Labute approximate surface area is 103 Å². The highest BCUT2D eigenvalue weighted by molar-refractivity contribution is 5.89. The highest BCUT2D eigenvalue weighted by atomic mass is 16.1. The number of nitrogens with two attached hydrogens (primary N) is 1. The van der Waals surface area contributed by atoms with E-state index in [2.05, 4.69) is 10.1 Å². The number of fused-ring (bicyclic) bond motifs is 1. The van der Waals surface area contributed by atoms with Crippen molar-refractivity contribution < 1.29 is 4.79 Å². The molecule has 2 N–H and O–H groups in total. The Morgan fingerprint density at radius 2 is 1.83 bits per heavy atom. The second kappa shape index (κ2) is 3.96. The van der Waals surface area contributed by atoms with E-state index in [4.69, 9.17) is 5.73 Å². The van der Waals surface area contributed by atoms with Crippen molar-refractivity contribution in [3.05, 3.63) is 54.4 Å². The first-order valence-corrected chi connectivity index (χ1v) is 5.47. The van der Waals surface area contributed by atoms with Gasteiger partial charge in [0.05, 0.1) is 5.69 Å². The fraction of sp³-hybridized carbons (Fsp3) is 0. The Morgan fingerprint density at radius 3 is 2.56 bits per heavy atom. The van der Waals surface area contributed by atoms with Gasteiger partial charge in [0, 0.05) is 5.56 Å². The molecule has 2 aromatic heterocycles. The topological polar surface area (TPSA) is 73.3 Å². The first-order chi connectivity index (χ1) is 8.75. The highest BCUT2D eigenvalue weighted by Gasteiger charge is 2.11. The molecule has 2 heterocycles. The van der Waals surface area contributed by atoms with Gasteiger partial charge in [0.15, 0.2) is 5.65 Å². The van der Waals surface area contributed by atoms with Gasteiger partial charge in [-0.15, -0.1) is 5.10 Å². The van der Waals surface area contributed by atoms with Crippen LogP contribution in [0.5, 0.6) is 0 Å². The third-order valence-electron chi connectivity index (χ3n) is 2.65. The van der Waals surface area contributed by atoms with Crippen molar-refractivity contribution in [2.45, 2.75) is 0 Å². The zero-order chi connectivity index (χ0) is 12.5. The summed E-state index contributed by atoms with van der Waals surface area (Å²) >= 11 is 0. The Kier molecular flexibility index (Phi) is 2.30. The molecule has 0 aliphatic carbocycles. The third-order valence-corrected chi connectivity index (χ3v) is 2.65. The summed E-state index contributed by atoms with van der Waals surface area (Å²) in [5.41, 5.74) is 7.66. The van der Waals surface area contributed by atoms with Crippen LogP contribution in [0.2, 0.25) is 0 Å². The zero-order valence-electron chi connectivity index (χ0n) is 9.45. The Morgan fingerprint density at radius 1 is 1.06 bits per heavy atom. The lowest BCUT2D eigenvalue weighted by atomic mass is 10.1. The summed E-state index contributed by atoms with van der Waals surface area (Å²) in [4.78, 5) is 15.2. The molecular weight excluding hydrogens is 228 g/mol. The normalized spacial score (nSPS) is 10.7. The number of primary amides is 1. The smallest absolute Gasteiger partial charge is 0.288 e. The summed E-state index contributed by atoms with van der Waals surface area (Å²) in [6.45, 7) is 0. The fourth-order valence-electron chi connectivity index (χ4n) is 1.84. The molecule has 0 aliphatic rings. The van der Waals surface area contributed by atoms with Crippen LogP contribution in [0.4, 0.5) is 0 Å². The molecule has 0 saturated carbocycles. The second-order valence-electron chi connectivity index (χ2n) is 3.85. The van der Waals surface area contributed by atoms with Gasteiger partial charge < -0.3 is 5.73 Å². The molecule has 18 heavy (non-hydrogen) atoms. The van der Waals surface area contributed by atoms with Crippen LogP contribution >= 0.6 is 0 Å². The minimum atomic E-state index is -0.627. The molecular formula is C13H10N4O. The van der Waals surface area contributed by atoms with E-state index in [9.17, 15) is 4.79 Å². The molecule has 0 bridgehead atoms. The van der Waals surface area contributed by atoms with E-state index >= 15 is 0 Å². The van der Waals surface area contributed by atoms with E-state index in [0.717, 1.165) is 11.3 Å². The van der Waals surface area contributed by atoms with Crippen molar-refractivity contribution in [1.29, 1.82) is 0 Å². The van der Waals surface area contributed by atoms with Gasteiger partial charge in [-0.3, -0.25) is 4.79 Å². The largest absolute Gasteiger partial charge is 0.363 e. The maximum Gasteiger partial charge on any atom is 0.288 e. The Hall–Kier alpha value is -2.69. The van der Waals surface area contributed by atoms with Crippen LogP contribution in [0.25, 0.3) is 16.9 Å². The minimum absolute atomic E-state index is 0.0263.